The Labute approximate surface area is 206 Å². The number of nitrogens with zero attached hydrogens (tertiary/aromatic N) is 3. The van der Waals surface area contributed by atoms with E-state index in [0.717, 1.165) is 60.3 Å². The summed E-state index contributed by atoms with van der Waals surface area (Å²) in [6.07, 6.45) is 6.81. The van der Waals surface area contributed by atoms with E-state index in [1.165, 1.54) is 11.3 Å². The van der Waals surface area contributed by atoms with E-state index in [-0.39, 0.29) is 11.9 Å². The van der Waals surface area contributed by atoms with Crippen LogP contribution in [-0.2, 0) is 0 Å². The first kappa shape index (κ1) is 22.9. The number of rotatable bonds is 4. The molecule has 2 N–H and O–H groups in total. The molecule has 0 saturated heterocycles. The molecule has 6 nitrogen and oxygen atoms in total. The number of fused-ring (bicyclic) bond motifs is 2. The van der Waals surface area contributed by atoms with Crippen LogP contribution in [-0.4, -0.2) is 30.4 Å². The van der Waals surface area contributed by atoms with E-state index in [1.807, 2.05) is 54.6 Å². The Hall–Kier alpha value is -3.82. The number of hydrogen-bond acceptors (Lipinski definition) is 5. The van der Waals surface area contributed by atoms with Crippen molar-refractivity contribution >= 4 is 23.0 Å². The topological polar surface area (TPSA) is 89.6 Å². The molecule has 0 bridgehead atoms. The lowest BCUT2D eigenvalue weighted by Crippen LogP contribution is -2.26. The van der Waals surface area contributed by atoms with Gasteiger partial charge in [-0.2, -0.15) is 5.26 Å². The number of anilines is 1. The number of hydrogen-bond donors (Lipinski definition) is 2. The zero-order chi connectivity index (χ0) is 24.2. The highest BCUT2D eigenvalue weighted by Gasteiger charge is 2.26. The van der Waals surface area contributed by atoms with Crippen LogP contribution in [0.4, 0.5) is 5.69 Å². The molecule has 35 heavy (non-hydrogen) atoms. The minimum Gasteiger partial charge on any atom is -0.322 e. The molecule has 0 aromatic heterocycles. The zero-order valence-corrected chi connectivity index (χ0v) is 20.0. The average Bonchev–Trinajstić information content (AvgIpc) is 3.00. The number of amides is 1. The molecule has 2 heterocycles. The summed E-state index contributed by atoms with van der Waals surface area (Å²) in [5, 5.41) is 16.4. The maximum Gasteiger partial charge on any atom is 0.256 e. The van der Waals surface area contributed by atoms with E-state index < -0.39 is 0 Å². The van der Waals surface area contributed by atoms with E-state index in [9.17, 15) is 10.1 Å². The molecule has 2 aromatic carbocycles. The van der Waals surface area contributed by atoms with E-state index in [4.69, 9.17) is 9.98 Å². The second-order valence-electron chi connectivity index (χ2n) is 9.19. The smallest absolute Gasteiger partial charge is 0.256 e. The van der Waals surface area contributed by atoms with Crippen molar-refractivity contribution in [1.82, 2.24) is 5.32 Å². The van der Waals surface area contributed by atoms with Gasteiger partial charge in [-0.25, -0.2) is 0 Å². The quantitative estimate of drug-likeness (QED) is 0.586. The van der Waals surface area contributed by atoms with Crippen LogP contribution in [0.3, 0.4) is 0 Å². The van der Waals surface area contributed by atoms with Crippen LogP contribution < -0.4 is 10.6 Å². The van der Waals surface area contributed by atoms with Gasteiger partial charge in [-0.05, 0) is 73.9 Å². The summed E-state index contributed by atoms with van der Waals surface area (Å²) in [4.78, 5) is 22.3. The minimum absolute atomic E-state index is 0.0917. The summed E-state index contributed by atoms with van der Waals surface area (Å²) in [7, 11) is 0. The summed E-state index contributed by atoms with van der Waals surface area (Å²) in [5.74, 6) is -0.0917. The van der Waals surface area contributed by atoms with Gasteiger partial charge in [0.2, 0.25) is 0 Å². The lowest BCUT2D eigenvalue weighted by atomic mass is 9.90. The normalized spacial score (nSPS) is 22.8. The van der Waals surface area contributed by atoms with Crippen LogP contribution in [0.1, 0.15) is 66.6 Å². The fourth-order valence-corrected chi connectivity index (χ4v) is 5.09. The van der Waals surface area contributed by atoms with E-state index in [0.29, 0.717) is 24.2 Å². The molecule has 176 valence electrons. The summed E-state index contributed by atoms with van der Waals surface area (Å²) in [6, 6.07) is 17.8. The first-order valence-electron chi connectivity index (χ1n) is 12.3. The zero-order valence-electron chi connectivity index (χ0n) is 20.0. The largest absolute Gasteiger partial charge is 0.322 e. The fourth-order valence-electron chi connectivity index (χ4n) is 5.09. The van der Waals surface area contributed by atoms with Crippen LogP contribution in [0, 0.1) is 11.3 Å². The van der Waals surface area contributed by atoms with Crippen LogP contribution >= 0.6 is 0 Å². The number of nitrogens with one attached hydrogen (secondary N) is 2. The number of aliphatic imine (C=N–C) groups is 2. The Bertz CT molecular complexity index is 1320. The van der Waals surface area contributed by atoms with Crippen LogP contribution in [0.25, 0.3) is 0 Å². The molecule has 2 aliphatic heterocycles. The average molecular weight is 464 g/mol. The highest BCUT2D eigenvalue weighted by molar-refractivity contribution is 6.07. The maximum atomic E-state index is 12.8. The Morgan fingerprint density at radius 3 is 2.71 bits per heavy atom. The van der Waals surface area contributed by atoms with Crippen molar-refractivity contribution < 1.29 is 4.79 Å². The standard InChI is InChI=1S/C29H29N5O/c1-19-7-6-12-26(33-19)20-13-14-25(21(17-20)18-30)31-15-16-32-28-22-8-2-3-9-23(22)29(35)34-27-11-5-4-10-24(27)28/h2-5,8-11,17,28,32H,6-7,12-16H2,1H3,(H,34,35)/b26-20+,31-25?. The van der Waals surface area contributed by atoms with Crippen LogP contribution in [0.5, 0.6) is 0 Å². The lowest BCUT2D eigenvalue weighted by Gasteiger charge is -2.21. The molecule has 1 aliphatic carbocycles. The second kappa shape index (κ2) is 10.2. The van der Waals surface area contributed by atoms with E-state index >= 15 is 0 Å². The lowest BCUT2D eigenvalue weighted by molar-refractivity contribution is 0.102. The van der Waals surface area contributed by atoms with Crippen molar-refractivity contribution in [3.05, 3.63) is 88.1 Å². The van der Waals surface area contributed by atoms with Crippen molar-refractivity contribution in [3.63, 3.8) is 0 Å². The Morgan fingerprint density at radius 1 is 1.09 bits per heavy atom. The first-order chi connectivity index (χ1) is 17.1. The van der Waals surface area contributed by atoms with Gasteiger partial charge in [0.25, 0.3) is 5.91 Å². The van der Waals surface area contributed by atoms with Gasteiger partial charge < -0.3 is 10.6 Å². The van der Waals surface area contributed by atoms with Crippen molar-refractivity contribution in [2.24, 2.45) is 9.98 Å². The highest BCUT2D eigenvalue weighted by atomic mass is 16.1. The predicted octanol–water partition coefficient (Wildman–Crippen LogP) is 5.51. The van der Waals surface area contributed by atoms with Gasteiger partial charge in [0, 0.05) is 29.2 Å². The maximum absolute atomic E-state index is 12.8. The molecule has 0 saturated carbocycles. The molecule has 0 spiro atoms. The van der Waals surface area contributed by atoms with Gasteiger partial charge >= 0.3 is 0 Å². The summed E-state index contributed by atoms with van der Waals surface area (Å²) in [5.41, 5.74) is 8.50. The Kier molecular flexibility index (Phi) is 6.69. The van der Waals surface area contributed by atoms with Crippen molar-refractivity contribution in [2.45, 2.75) is 45.1 Å². The molecule has 1 unspecified atom stereocenters. The monoisotopic (exact) mass is 463 g/mol. The first-order valence-corrected chi connectivity index (χ1v) is 12.3. The number of carbonyl (C=O) groups is 1. The van der Waals surface area contributed by atoms with Gasteiger partial charge in [-0.3, -0.25) is 14.8 Å². The van der Waals surface area contributed by atoms with Crippen molar-refractivity contribution in [3.8, 4) is 6.07 Å². The highest BCUT2D eigenvalue weighted by Crippen LogP contribution is 2.34. The molecule has 6 heteroatoms. The van der Waals surface area contributed by atoms with Gasteiger partial charge in [0.05, 0.1) is 23.9 Å². The fraction of sp³-hybridized carbons (Fsp3) is 0.310. The summed E-state index contributed by atoms with van der Waals surface area (Å²) in [6.45, 7) is 3.26. The van der Waals surface area contributed by atoms with Crippen molar-refractivity contribution in [1.29, 1.82) is 5.26 Å². The number of benzene rings is 2. The molecule has 2 aromatic rings. The van der Waals surface area contributed by atoms with Gasteiger partial charge in [0.1, 0.15) is 6.07 Å². The molecule has 0 fully saturated rings. The number of carbonyl (C=O) groups excluding carboxylic acids is 1. The van der Waals surface area contributed by atoms with Crippen LogP contribution in [0.2, 0.25) is 0 Å². The second-order valence-corrected chi connectivity index (χ2v) is 9.19. The number of allylic oxidation sites excluding steroid dienone is 4. The minimum atomic E-state index is -0.123. The molecular formula is C29H29N5O. The predicted molar refractivity (Wildman–Crippen MR) is 140 cm³/mol. The van der Waals surface area contributed by atoms with Crippen molar-refractivity contribution in [2.75, 3.05) is 18.4 Å². The SMILES string of the molecule is CC1=N/C(=C2/C=C(C#N)C(=NCCNC3c4ccccc4NC(=O)c4ccccc43)CC2)CCC1. The number of para-hydroxylation sites is 1. The summed E-state index contributed by atoms with van der Waals surface area (Å²) >= 11 is 0. The van der Waals surface area contributed by atoms with Crippen LogP contribution in [0.15, 0.2) is 81.4 Å². The summed E-state index contributed by atoms with van der Waals surface area (Å²) < 4.78 is 0. The molecular weight excluding hydrogens is 434 g/mol. The van der Waals surface area contributed by atoms with E-state index in [1.54, 1.807) is 0 Å². The Balaban J connectivity index is 1.33. The van der Waals surface area contributed by atoms with E-state index in [2.05, 4.69) is 23.6 Å². The van der Waals surface area contributed by atoms with Gasteiger partial charge in [-0.1, -0.05) is 36.4 Å². The van der Waals surface area contributed by atoms with Gasteiger partial charge in [-0.15, -0.1) is 0 Å². The third kappa shape index (κ3) is 4.87. The molecule has 1 atom stereocenters. The number of nitriles is 1. The molecule has 0 radical (unpaired) electrons. The van der Waals surface area contributed by atoms with Gasteiger partial charge in [0.15, 0.2) is 0 Å². The molecule has 1 amide bonds. The molecule has 3 aliphatic rings. The molecule has 5 rings (SSSR count). The third-order valence-electron chi connectivity index (χ3n) is 6.83. The third-order valence-corrected chi connectivity index (χ3v) is 6.83. The Morgan fingerprint density at radius 2 is 1.89 bits per heavy atom.